The predicted molar refractivity (Wildman–Crippen MR) is 66.4 cm³/mol. The van der Waals surface area contributed by atoms with Crippen molar-refractivity contribution in [1.29, 1.82) is 0 Å². The van der Waals surface area contributed by atoms with Crippen LogP contribution in [0.4, 0.5) is 0 Å². The third kappa shape index (κ3) is 6.63. The minimum absolute atomic E-state index is 0. The highest BCUT2D eigenvalue weighted by molar-refractivity contribution is 5.86. The summed E-state index contributed by atoms with van der Waals surface area (Å²) < 4.78 is 0. The Morgan fingerprint density at radius 1 is 1.19 bits per heavy atom. The van der Waals surface area contributed by atoms with Gasteiger partial charge in [0.05, 0.1) is 13.1 Å². The topological polar surface area (TPSA) is 84.2 Å². The molecule has 0 aliphatic carbocycles. The quantitative estimate of drug-likeness (QED) is 0.630. The van der Waals surface area contributed by atoms with Gasteiger partial charge in [-0.2, -0.15) is 0 Å². The van der Waals surface area contributed by atoms with E-state index in [1.54, 1.807) is 0 Å². The Morgan fingerprint density at radius 3 is 2.06 bits per heavy atom. The zero-order valence-corrected chi connectivity index (χ0v) is 10.9. The highest BCUT2D eigenvalue weighted by atomic mass is 35.5. The van der Waals surface area contributed by atoms with Crippen LogP contribution in [-0.2, 0) is 9.59 Å². The van der Waals surface area contributed by atoms with E-state index in [0.717, 1.165) is 12.8 Å². The van der Waals surface area contributed by atoms with Gasteiger partial charge in [0.2, 0.25) is 11.8 Å². The molecule has 0 aliphatic heterocycles. The van der Waals surface area contributed by atoms with E-state index in [2.05, 4.69) is 10.6 Å². The summed E-state index contributed by atoms with van der Waals surface area (Å²) in [6, 6.07) is 0. The summed E-state index contributed by atoms with van der Waals surface area (Å²) in [4.78, 5) is 22.2. The average molecular weight is 252 g/mol. The van der Waals surface area contributed by atoms with Gasteiger partial charge in [-0.05, 0) is 19.8 Å². The van der Waals surface area contributed by atoms with Crippen molar-refractivity contribution in [2.75, 3.05) is 13.1 Å². The van der Waals surface area contributed by atoms with Crippen molar-refractivity contribution in [3.8, 4) is 0 Å². The molecule has 5 nitrogen and oxygen atoms in total. The predicted octanol–water partition coefficient (Wildman–Crippen LogP) is 0.178. The van der Waals surface area contributed by atoms with Gasteiger partial charge < -0.3 is 16.4 Å². The number of hydrogen-bond acceptors (Lipinski definition) is 3. The maximum Gasteiger partial charge on any atom is 0.239 e. The van der Waals surface area contributed by atoms with Crippen LogP contribution >= 0.6 is 12.4 Å². The van der Waals surface area contributed by atoms with Crippen molar-refractivity contribution in [2.45, 2.75) is 39.2 Å². The van der Waals surface area contributed by atoms with E-state index in [1.165, 1.54) is 0 Å². The number of amides is 2. The monoisotopic (exact) mass is 251 g/mol. The van der Waals surface area contributed by atoms with E-state index in [-0.39, 0.29) is 42.8 Å². The van der Waals surface area contributed by atoms with Gasteiger partial charge in [-0.25, -0.2) is 0 Å². The Bertz CT molecular complexity index is 230. The molecule has 6 heteroatoms. The van der Waals surface area contributed by atoms with Crippen molar-refractivity contribution >= 4 is 24.2 Å². The summed E-state index contributed by atoms with van der Waals surface area (Å²) >= 11 is 0. The Labute approximate surface area is 103 Å². The first-order valence-electron chi connectivity index (χ1n) is 5.25. The lowest BCUT2D eigenvalue weighted by molar-refractivity contribution is -0.126. The molecule has 0 unspecified atom stereocenters. The fourth-order valence-electron chi connectivity index (χ4n) is 1.06. The molecule has 2 amide bonds. The minimum atomic E-state index is -0.320. The van der Waals surface area contributed by atoms with E-state index >= 15 is 0 Å². The van der Waals surface area contributed by atoms with Crippen LogP contribution in [0.1, 0.15) is 33.6 Å². The number of hydrogen-bond donors (Lipinski definition) is 3. The van der Waals surface area contributed by atoms with Crippen molar-refractivity contribution in [2.24, 2.45) is 5.73 Å². The summed E-state index contributed by atoms with van der Waals surface area (Å²) in [6.45, 7) is 5.91. The fraction of sp³-hybridized carbons (Fsp3) is 0.800. The minimum Gasteiger partial charge on any atom is -0.349 e. The molecule has 0 aromatic carbocycles. The van der Waals surface area contributed by atoms with Crippen LogP contribution in [0, 0.1) is 0 Å². The summed E-state index contributed by atoms with van der Waals surface area (Å²) in [5.41, 5.74) is 4.90. The van der Waals surface area contributed by atoms with Gasteiger partial charge in [-0.1, -0.05) is 13.8 Å². The van der Waals surface area contributed by atoms with Gasteiger partial charge in [0, 0.05) is 5.54 Å². The van der Waals surface area contributed by atoms with Gasteiger partial charge in [0.15, 0.2) is 0 Å². The molecular weight excluding hydrogens is 230 g/mol. The van der Waals surface area contributed by atoms with Crippen LogP contribution in [0.15, 0.2) is 0 Å². The van der Waals surface area contributed by atoms with Gasteiger partial charge >= 0.3 is 0 Å². The number of nitrogens with two attached hydrogens (primary N) is 1. The van der Waals surface area contributed by atoms with Crippen molar-refractivity contribution in [1.82, 2.24) is 10.6 Å². The smallest absolute Gasteiger partial charge is 0.239 e. The number of halogens is 1. The lowest BCUT2D eigenvalue weighted by atomic mass is 9.95. The fourth-order valence-corrected chi connectivity index (χ4v) is 1.06. The summed E-state index contributed by atoms with van der Waals surface area (Å²) in [6.07, 6.45) is 1.72. The Morgan fingerprint density at radius 2 is 1.69 bits per heavy atom. The molecule has 0 atom stereocenters. The maximum absolute atomic E-state index is 11.4. The highest BCUT2D eigenvalue weighted by Crippen LogP contribution is 2.12. The first-order valence-corrected chi connectivity index (χ1v) is 5.25. The summed E-state index contributed by atoms with van der Waals surface area (Å²) in [5, 5.41) is 5.30. The SMILES string of the molecule is CCC(C)(CC)NC(=O)CNC(=O)CN.Cl. The van der Waals surface area contributed by atoms with Crippen molar-refractivity contribution in [3.05, 3.63) is 0 Å². The van der Waals surface area contributed by atoms with Crippen LogP contribution in [0.25, 0.3) is 0 Å². The second-order valence-corrected chi connectivity index (χ2v) is 3.80. The van der Waals surface area contributed by atoms with Crippen LogP contribution in [0.2, 0.25) is 0 Å². The molecule has 96 valence electrons. The third-order valence-corrected chi connectivity index (χ3v) is 2.63. The molecule has 0 bridgehead atoms. The molecule has 0 saturated heterocycles. The van der Waals surface area contributed by atoms with Gasteiger partial charge in [-0.15, -0.1) is 12.4 Å². The Kier molecular flexibility index (Phi) is 9.18. The van der Waals surface area contributed by atoms with Gasteiger partial charge in [0.25, 0.3) is 0 Å². The molecule has 0 saturated carbocycles. The number of carbonyl (C=O) groups is 2. The molecule has 0 aromatic rings. The molecule has 0 heterocycles. The number of carbonyl (C=O) groups excluding carboxylic acids is 2. The van der Waals surface area contributed by atoms with Gasteiger partial charge in [0.1, 0.15) is 0 Å². The summed E-state index contributed by atoms with van der Waals surface area (Å²) in [7, 11) is 0. The molecular formula is C10H22ClN3O2. The highest BCUT2D eigenvalue weighted by Gasteiger charge is 2.21. The number of rotatable bonds is 6. The first kappa shape index (κ1) is 17.6. The molecule has 0 aliphatic rings. The zero-order valence-electron chi connectivity index (χ0n) is 10.1. The van der Waals surface area contributed by atoms with Crippen LogP contribution in [0.5, 0.6) is 0 Å². The lowest BCUT2D eigenvalue weighted by Gasteiger charge is -2.28. The largest absolute Gasteiger partial charge is 0.349 e. The summed E-state index contributed by atoms with van der Waals surface area (Å²) in [5.74, 6) is -0.497. The molecule has 0 radical (unpaired) electrons. The molecule has 0 aromatic heterocycles. The second-order valence-electron chi connectivity index (χ2n) is 3.80. The van der Waals surface area contributed by atoms with Crippen molar-refractivity contribution in [3.63, 3.8) is 0 Å². The Hall–Kier alpha value is -0.810. The van der Waals surface area contributed by atoms with E-state index in [0.29, 0.717) is 0 Å². The maximum atomic E-state index is 11.4. The van der Waals surface area contributed by atoms with E-state index in [1.807, 2.05) is 20.8 Å². The normalized spacial score (nSPS) is 10.2. The van der Waals surface area contributed by atoms with Crippen LogP contribution in [-0.4, -0.2) is 30.4 Å². The van der Waals surface area contributed by atoms with Crippen molar-refractivity contribution < 1.29 is 9.59 Å². The molecule has 16 heavy (non-hydrogen) atoms. The first-order chi connectivity index (χ1) is 6.97. The average Bonchev–Trinajstić information content (AvgIpc) is 2.25. The zero-order chi connectivity index (χ0) is 11.9. The number of nitrogens with one attached hydrogen (secondary N) is 2. The molecule has 0 rings (SSSR count). The van der Waals surface area contributed by atoms with Crippen LogP contribution < -0.4 is 16.4 Å². The van der Waals surface area contributed by atoms with E-state index in [4.69, 9.17) is 5.73 Å². The third-order valence-electron chi connectivity index (χ3n) is 2.63. The lowest BCUT2D eigenvalue weighted by Crippen LogP contribution is -2.49. The van der Waals surface area contributed by atoms with Gasteiger partial charge in [-0.3, -0.25) is 9.59 Å². The standard InChI is InChI=1S/C10H21N3O2.ClH/c1-4-10(3,5-2)13-9(15)7-12-8(14)6-11;/h4-7,11H2,1-3H3,(H,12,14)(H,13,15);1H. The second kappa shape index (κ2) is 8.35. The van der Waals surface area contributed by atoms with E-state index in [9.17, 15) is 9.59 Å². The molecule has 0 spiro atoms. The molecule has 4 N–H and O–H groups in total. The van der Waals surface area contributed by atoms with Crippen LogP contribution in [0.3, 0.4) is 0 Å². The Balaban J connectivity index is 0. The van der Waals surface area contributed by atoms with E-state index < -0.39 is 0 Å². The molecule has 0 fully saturated rings.